The molecule has 2 atom stereocenters. The fourth-order valence-electron chi connectivity index (χ4n) is 5.22. The van der Waals surface area contributed by atoms with Crippen LogP contribution in [0.5, 0.6) is 0 Å². The van der Waals surface area contributed by atoms with Gasteiger partial charge in [0.15, 0.2) is 0 Å². The highest BCUT2D eigenvalue weighted by Gasteiger charge is 2.35. The highest BCUT2D eigenvalue weighted by molar-refractivity contribution is 6.29. The molecule has 1 unspecified atom stereocenters. The van der Waals surface area contributed by atoms with Gasteiger partial charge in [0.2, 0.25) is 5.91 Å². The minimum absolute atomic E-state index is 0.0156. The van der Waals surface area contributed by atoms with Crippen LogP contribution in [-0.4, -0.2) is 53.1 Å². The number of pyridine rings is 1. The van der Waals surface area contributed by atoms with Crippen molar-refractivity contribution < 1.29 is 27.9 Å². The normalized spacial score (nSPS) is 14.2. The number of likely N-dealkylation sites (N-methyl/N-ethyl adjacent to an activating group) is 1. The second kappa shape index (κ2) is 16.8. The molecule has 2 aromatic rings. The minimum atomic E-state index is -4.74. The summed E-state index contributed by atoms with van der Waals surface area (Å²) in [6.07, 6.45) is 0.434. The van der Waals surface area contributed by atoms with Crippen LogP contribution < -0.4 is 10.9 Å². The molecule has 11 heteroatoms. The number of hydrogen-bond acceptors (Lipinski definition) is 4. The van der Waals surface area contributed by atoms with Crippen LogP contribution in [0.2, 0.25) is 0 Å². The van der Waals surface area contributed by atoms with E-state index in [1.807, 2.05) is 52.0 Å². The Labute approximate surface area is 268 Å². The summed E-state index contributed by atoms with van der Waals surface area (Å²) in [6.45, 7) is 9.82. The van der Waals surface area contributed by atoms with Crippen LogP contribution in [0.1, 0.15) is 80.3 Å². The van der Waals surface area contributed by atoms with E-state index in [0.717, 1.165) is 33.0 Å². The smallest absolute Gasteiger partial charge is 0.416 e. The third-order valence-electron chi connectivity index (χ3n) is 7.47. The molecule has 2 rings (SSSR count). The van der Waals surface area contributed by atoms with E-state index in [1.54, 1.807) is 32.0 Å². The van der Waals surface area contributed by atoms with E-state index >= 15 is 0 Å². The zero-order valence-corrected chi connectivity index (χ0v) is 27.9. The van der Waals surface area contributed by atoms with Crippen molar-refractivity contribution in [2.75, 3.05) is 20.6 Å². The predicted octanol–water partition coefficient (Wildman–Crippen LogP) is 7.14. The molecule has 0 spiro atoms. The first-order valence-electron chi connectivity index (χ1n) is 15.0. The average molecular weight is 652 g/mol. The zero-order chi connectivity index (χ0) is 34.1. The summed E-state index contributed by atoms with van der Waals surface area (Å²) >= 11 is 6.24. The standard InChI is InChI=1S/C34H45ClF3N3O4/c1-21(2)11-14-29(41-20-26(15-16-40(6)7)28(19-30(41)42)34(36,37)38)33(45)39-27(18-31(43)44)13-12-25(17-24(5)35)32-22(3)9-8-10-23(32)4/h8-10,12,17,19-21,27,29H,11,13-16,18H2,1-7H3,(H,39,45)(H,43,44)/b24-17+,25-12+/t27-,29?/m1/s1. The van der Waals surface area contributed by atoms with Crippen molar-refractivity contribution in [2.24, 2.45) is 5.92 Å². The molecule has 0 aliphatic carbocycles. The summed E-state index contributed by atoms with van der Waals surface area (Å²) in [5, 5.41) is 13.0. The molecular formula is C34H45ClF3N3O4. The van der Waals surface area contributed by atoms with Gasteiger partial charge < -0.3 is 19.9 Å². The number of carboxylic acids is 1. The lowest BCUT2D eigenvalue weighted by molar-refractivity contribution is -0.139. The topological polar surface area (TPSA) is 91.6 Å². The van der Waals surface area contributed by atoms with Gasteiger partial charge in [-0.3, -0.25) is 14.4 Å². The molecule has 248 valence electrons. The maximum Gasteiger partial charge on any atom is 0.416 e. The lowest BCUT2D eigenvalue weighted by Crippen LogP contribution is -2.43. The Hall–Kier alpha value is -3.37. The summed E-state index contributed by atoms with van der Waals surface area (Å²) in [7, 11) is 3.46. The number of carbonyl (C=O) groups excluding carboxylic acids is 1. The van der Waals surface area contributed by atoms with E-state index < -0.39 is 47.7 Å². The first kappa shape index (κ1) is 37.8. The van der Waals surface area contributed by atoms with Crippen molar-refractivity contribution >= 4 is 29.1 Å². The summed E-state index contributed by atoms with van der Waals surface area (Å²) in [5.41, 5.74) is 1.63. The van der Waals surface area contributed by atoms with E-state index in [4.69, 9.17) is 11.6 Å². The number of nitrogens with one attached hydrogen (secondary N) is 1. The molecule has 1 amide bonds. The number of rotatable bonds is 15. The first-order chi connectivity index (χ1) is 20.9. The number of amides is 1. The average Bonchev–Trinajstić information content (AvgIpc) is 2.89. The molecule has 0 fully saturated rings. The molecule has 1 aromatic carbocycles. The number of halogens is 4. The maximum absolute atomic E-state index is 13.9. The molecular weight excluding hydrogens is 607 g/mol. The Morgan fingerprint density at radius 1 is 1.13 bits per heavy atom. The van der Waals surface area contributed by atoms with E-state index in [9.17, 15) is 32.7 Å². The Morgan fingerprint density at radius 3 is 2.27 bits per heavy atom. The highest BCUT2D eigenvalue weighted by atomic mass is 35.5. The van der Waals surface area contributed by atoms with Crippen molar-refractivity contribution in [1.29, 1.82) is 0 Å². The third kappa shape index (κ3) is 11.8. The SMILES string of the molecule is C/C(Cl)=C\C(=C/C[C@H](CC(=O)O)NC(=O)C(CCC(C)C)n1cc(CCN(C)C)c(C(F)(F)F)cc1=O)c1c(C)cccc1C. The number of aromatic nitrogens is 1. The summed E-state index contributed by atoms with van der Waals surface area (Å²) < 4.78 is 42.7. The maximum atomic E-state index is 13.9. The molecule has 2 N–H and O–H groups in total. The fraction of sp³-hybridized carbons (Fsp3) is 0.500. The number of nitrogens with zero attached hydrogens (tertiary/aromatic N) is 2. The monoisotopic (exact) mass is 651 g/mol. The molecule has 0 radical (unpaired) electrons. The van der Waals surface area contributed by atoms with Crippen LogP contribution in [0.3, 0.4) is 0 Å². The number of benzene rings is 1. The van der Waals surface area contributed by atoms with Gasteiger partial charge in [0, 0.05) is 29.9 Å². The zero-order valence-electron chi connectivity index (χ0n) is 27.1. The lowest BCUT2D eigenvalue weighted by Gasteiger charge is -2.25. The van der Waals surface area contributed by atoms with E-state index in [-0.39, 0.29) is 30.7 Å². The summed E-state index contributed by atoms with van der Waals surface area (Å²) in [5.74, 6) is -1.63. The number of hydrogen-bond donors (Lipinski definition) is 2. The number of carboxylic acid groups (broad SMARTS) is 1. The summed E-state index contributed by atoms with van der Waals surface area (Å²) in [6, 6.07) is 4.40. The molecule has 1 aromatic heterocycles. The minimum Gasteiger partial charge on any atom is -0.481 e. The van der Waals surface area contributed by atoms with Gasteiger partial charge in [-0.25, -0.2) is 0 Å². The van der Waals surface area contributed by atoms with Crippen molar-refractivity contribution in [2.45, 2.75) is 85.0 Å². The van der Waals surface area contributed by atoms with E-state index in [2.05, 4.69) is 5.32 Å². The number of alkyl halides is 3. The number of allylic oxidation sites excluding steroid dienone is 3. The summed E-state index contributed by atoms with van der Waals surface area (Å²) in [4.78, 5) is 40.5. The van der Waals surface area contributed by atoms with Crippen LogP contribution in [0, 0.1) is 19.8 Å². The van der Waals surface area contributed by atoms with Crippen molar-refractivity contribution in [3.63, 3.8) is 0 Å². The van der Waals surface area contributed by atoms with Gasteiger partial charge in [-0.05, 0) is 100 Å². The molecule has 0 saturated heterocycles. The van der Waals surface area contributed by atoms with E-state index in [0.29, 0.717) is 24.1 Å². The van der Waals surface area contributed by atoms with Gasteiger partial charge in [-0.15, -0.1) is 0 Å². The van der Waals surface area contributed by atoms with Crippen LogP contribution in [0.4, 0.5) is 13.2 Å². The third-order valence-corrected chi connectivity index (χ3v) is 7.58. The van der Waals surface area contributed by atoms with Crippen molar-refractivity contribution in [3.05, 3.63) is 85.8 Å². The quantitative estimate of drug-likeness (QED) is 0.200. The molecule has 0 saturated carbocycles. The fourth-order valence-corrected chi connectivity index (χ4v) is 5.34. The molecule has 45 heavy (non-hydrogen) atoms. The Kier molecular flexibility index (Phi) is 14.1. The van der Waals surface area contributed by atoms with Gasteiger partial charge in [0.25, 0.3) is 5.56 Å². The van der Waals surface area contributed by atoms with Crippen LogP contribution in [-0.2, 0) is 22.2 Å². The number of aryl methyl sites for hydroxylation is 2. The molecule has 0 aliphatic rings. The van der Waals surface area contributed by atoms with Crippen molar-refractivity contribution in [1.82, 2.24) is 14.8 Å². The van der Waals surface area contributed by atoms with Gasteiger partial charge in [0.05, 0.1) is 12.0 Å². The highest BCUT2D eigenvalue weighted by Crippen LogP contribution is 2.32. The largest absolute Gasteiger partial charge is 0.481 e. The molecule has 0 aliphatic heterocycles. The van der Waals surface area contributed by atoms with Crippen LogP contribution >= 0.6 is 11.6 Å². The second-order valence-corrected chi connectivity index (χ2v) is 12.8. The van der Waals surface area contributed by atoms with Gasteiger partial charge in [-0.1, -0.05) is 49.7 Å². The van der Waals surface area contributed by atoms with E-state index in [1.165, 1.54) is 0 Å². The predicted molar refractivity (Wildman–Crippen MR) is 173 cm³/mol. The Bertz CT molecular complexity index is 1440. The Morgan fingerprint density at radius 2 is 1.76 bits per heavy atom. The molecule has 7 nitrogen and oxygen atoms in total. The van der Waals surface area contributed by atoms with Gasteiger partial charge in [0.1, 0.15) is 6.04 Å². The van der Waals surface area contributed by atoms with Crippen LogP contribution in [0.15, 0.2) is 52.4 Å². The number of carbonyl (C=O) groups is 2. The Balaban J connectivity index is 2.57. The van der Waals surface area contributed by atoms with Crippen LogP contribution in [0.25, 0.3) is 5.57 Å². The lowest BCUT2D eigenvalue weighted by atomic mass is 9.93. The van der Waals surface area contributed by atoms with Gasteiger partial charge in [-0.2, -0.15) is 13.2 Å². The first-order valence-corrected chi connectivity index (χ1v) is 15.4. The van der Waals surface area contributed by atoms with Gasteiger partial charge >= 0.3 is 12.1 Å². The molecule has 1 heterocycles. The molecule has 0 bridgehead atoms. The van der Waals surface area contributed by atoms with Crippen molar-refractivity contribution in [3.8, 4) is 0 Å². The second-order valence-electron chi connectivity index (χ2n) is 12.2. The number of aliphatic carboxylic acids is 1.